The Labute approximate surface area is 97.7 Å². The van der Waals surface area contributed by atoms with Crippen molar-refractivity contribution in [2.45, 2.75) is 6.42 Å². The minimum atomic E-state index is 0.413. The molecule has 0 bridgehead atoms. The molecule has 0 spiro atoms. The maximum absolute atomic E-state index is 5.68. The summed E-state index contributed by atoms with van der Waals surface area (Å²) in [6.45, 7) is 1.34. The normalized spacial score (nSPS) is 19.3. The molecule has 0 aliphatic carbocycles. The zero-order valence-electron chi connectivity index (χ0n) is 8.63. The number of hydrogen-bond donors (Lipinski definition) is 1. The summed E-state index contributed by atoms with van der Waals surface area (Å²) in [5.74, 6) is 2.07. The average molecular weight is 272 g/mol. The maximum Gasteiger partial charge on any atom is 0.164 e. The summed E-state index contributed by atoms with van der Waals surface area (Å²) in [7, 11) is 1.65. The summed E-state index contributed by atoms with van der Waals surface area (Å²) >= 11 is 3.46. The van der Waals surface area contributed by atoms with Crippen LogP contribution in [0.15, 0.2) is 16.6 Å². The van der Waals surface area contributed by atoms with Crippen LogP contribution in [0, 0.1) is 5.92 Å². The van der Waals surface area contributed by atoms with Gasteiger partial charge in [-0.05, 0) is 30.7 Å². The number of benzene rings is 1. The van der Waals surface area contributed by atoms with Crippen LogP contribution in [0.5, 0.6) is 11.5 Å². The number of fused-ring (bicyclic) bond motifs is 1. The summed E-state index contributed by atoms with van der Waals surface area (Å²) in [4.78, 5) is 0. The van der Waals surface area contributed by atoms with Gasteiger partial charge in [-0.25, -0.2) is 0 Å². The van der Waals surface area contributed by atoms with Crippen LogP contribution < -0.4 is 15.2 Å². The van der Waals surface area contributed by atoms with Crippen LogP contribution in [-0.2, 0) is 6.42 Å². The number of ether oxygens (including phenoxy) is 2. The molecule has 1 aliphatic rings. The lowest BCUT2D eigenvalue weighted by atomic mass is 9.96. The second kappa shape index (κ2) is 4.41. The fourth-order valence-corrected chi connectivity index (χ4v) is 2.30. The molecule has 3 nitrogen and oxygen atoms in total. The standard InChI is InChI=1S/C11H14BrNO2/c1-14-10-4-9(12)3-8-2-7(5-13)6-15-11(8)10/h3-4,7H,2,5-6,13H2,1H3/t7-/m0/s1. The molecule has 0 fully saturated rings. The zero-order valence-corrected chi connectivity index (χ0v) is 10.2. The van der Waals surface area contributed by atoms with Gasteiger partial charge in [-0.1, -0.05) is 15.9 Å². The van der Waals surface area contributed by atoms with E-state index in [9.17, 15) is 0 Å². The molecule has 1 aromatic rings. The van der Waals surface area contributed by atoms with Crippen molar-refractivity contribution in [2.75, 3.05) is 20.3 Å². The Morgan fingerprint density at radius 3 is 3.07 bits per heavy atom. The smallest absolute Gasteiger partial charge is 0.164 e. The van der Waals surface area contributed by atoms with Gasteiger partial charge in [-0.2, -0.15) is 0 Å². The molecule has 1 heterocycles. The van der Waals surface area contributed by atoms with Crippen LogP contribution in [0.25, 0.3) is 0 Å². The summed E-state index contributed by atoms with van der Waals surface area (Å²) in [5, 5.41) is 0. The van der Waals surface area contributed by atoms with Gasteiger partial charge in [0.05, 0.1) is 13.7 Å². The molecule has 0 radical (unpaired) electrons. The van der Waals surface area contributed by atoms with Crippen molar-refractivity contribution < 1.29 is 9.47 Å². The summed E-state index contributed by atoms with van der Waals surface area (Å²) < 4.78 is 12.0. The first-order valence-corrected chi connectivity index (χ1v) is 5.73. The Morgan fingerprint density at radius 2 is 2.40 bits per heavy atom. The second-order valence-electron chi connectivity index (χ2n) is 3.71. The SMILES string of the molecule is COc1cc(Br)cc2c1OC[C@H](CN)C2. The quantitative estimate of drug-likeness (QED) is 0.895. The molecule has 2 N–H and O–H groups in total. The summed E-state index contributed by atoms with van der Waals surface area (Å²) in [6.07, 6.45) is 0.960. The summed E-state index contributed by atoms with van der Waals surface area (Å²) in [6, 6.07) is 3.99. The lowest BCUT2D eigenvalue weighted by Gasteiger charge is -2.25. The van der Waals surface area contributed by atoms with Crippen molar-refractivity contribution in [1.82, 2.24) is 0 Å². The molecule has 0 unspecified atom stereocenters. The predicted molar refractivity (Wildman–Crippen MR) is 62.4 cm³/mol. The number of nitrogens with two attached hydrogens (primary N) is 1. The van der Waals surface area contributed by atoms with Gasteiger partial charge < -0.3 is 15.2 Å². The maximum atomic E-state index is 5.68. The Balaban J connectivity index is 2.38. The van der Waals surface area contributed by atoms with Crippen molar-refractivity contribution in [1.29, 1.82) is 0 Å². The van der Waals surface area contributed by atoms with Gasteiger partial charge >= 0.3 is 0 Å². The molecule has 1 aromatic carbocycles. The molecule has 0 saturated heterocycles. The Morgan fingerprint density at radius 1 is 1.60 bits per heavy atom. The van der Waals surface area contributed by atoms with Crippen molar-refractivity contribution in [2.24, 2.45) is 11.7 Å². The zero-order chi connectivity index (χ0) is 10.8. The van der Waals surface area contributed by atoms with Crippen LogP contribution in [0.2, 0.25) is 0 Å². The molecule has 0 amide bonds. The Kier molecular flexibility index (Phi) is 3.17. The number of methoxy groups -OCH3 is 1. The van der Waals surface area contributed by atoms with Crippen molar-refractivity contribution in [3.05, 3.63) is 22.2 Å². The first kappa shape index (κ1) is 10.8. The Bertz CT molecular complexity index is 368. The molecule has 82 valence electrons. The van der Waals surface area contributed by atoms with E-state index in [1.54, 1.807) is 7.11 Å². The van der Waals surface area contributed by atoms with E-state index in [-0.39, 0.29) is 0 Å². The molecular formula is C11H14BrNO2. The van der Waals surface area contributed by atoms with Gasteiger partial charge in [0.2, 0.25) is 0 Å². The van der Waals surface area contributed by atoms with Gasteiger partial charge in [0.15, 0.2) is 11.5 Å². The van der Waals surface area contributed by atoms with E-state index in [0.29, 0.717) is 19.1 Å². The van der Waals surface area contributed by atoms with Gasteiger partial charge in [0.25, 0.3) is 0 Å². The third-order valence-electron chi connectivity index (χ3n) is 2.62. The third-order valence-corrected chi connectivity index (χ3v) is 3.08. The lowest BCUT2D eigenvalue weighted by molar-refractivity contribution is 0.215. The molecule has 0 aromatic heterocycles. The summed E-state index contributed by atoms with van der Waals surface area (Å²) in [5.41, 5.74) is 6.82. The minimum Gasteiger partial charge on any atom is -0.493 e. The first-order valence-electron chi connectivity index (χ1n) is 4.94. The van der Waals surface area contributed by atoms with E-state index in [0.717, 1.165) is 22.4 Å². The van der Waals surface area contributed by atoms with E-state index < -0.39 is 0 Å². The topological polar surface area (TPSA) is 44.5 Å². The van der Waals surface area contributed by atoms with Gasteiger partial charge in [0.1, 0.15) is 0 Å². The molecule has 4 heteroatoms. The van der Waals surface area contributed by atoms with Gasteiger partial charge in [-0.15, -0.1) is 0 Å². The molecule has 2 rings (SSSR count). The first-order chi connectivity index (χ1) is 7.24. The van der Waals surface area contributed by atoms with Crippen molar-refractivity contribution in [3.63, 3.8) is 0 Å². The van der Waals surface area contributed by atoms with Crippen LogP contribution in [0.3, 0.4) is 0 Å². The monoisotopic (exact) mass is 271 g/mol. The lowest BCUT2D eigenvalue weighted by Crippen LogP contribution is -2.27. The highest BCUT2D eigenvalue weighted by Crippen LogP contribution is 2.38. The van der Waals surface area contributed by atoms with Gasteiger partial charge in [0, 0.05) is 10.4 Å². The predicted octanol–water partition coefficient (Wildman–Crippen LogP) is 1.97. The Hall–Kier alpha value is -0.740. The molecule has 15 heavy (non-hydrogen) atoms. The second-order valence-corrected chi connectivity index (χ2v) is 4.63. The fraction of sp³-hybridized carbons (Fsp3) is 0.455. The van der Waals surface area contributed by atoms with E-state index in [2.05, 4.69) is 22.0 Å². The highest BCUT2D eigenvalue weighted by atomic mass is 79.9. The number of hydrogen-bond acceptors (Lipinski definition) is 3. The van der Waals surface area contributed by atoms with Crippen LogP contribution in [0.4, 0.5) is 0 Å². The fourth-order valence-electron chi connectivity index (χ4n) is 1.81. The molecule has 0 saturated carbocycles. The van der Waals surface area contributed by atoms with Crippen molar-refractivity contribution in [3.8, 4) is 11.5 Å². The largest absolute Gasteiger partial charge is 0.493 e. The van der Waals surface area contributed by atoms with E-state index in [1.165, 1.54) is 5.56 Å². The van der Waals surface area contributed by atoms with E-state index in [4.69, 9.17) is 15.2 Å². The number of rotatable bonds is 2. The minimum absolute atomic E-state index is 0.413. The van der Waals surface area contributed by atoms with Crippen LogP contribution >= 0.6 is 15.9 Å². The highest BCUT2D eigenvalue weighted by molar-refractivity contribution is 9.10. The number of halogens is 1. The van der Waals surface area contributed by atoms with Crippen LogP contribution in [-0.4, -0.2) is 20.3 Å². The van der Waals surface area contributed by atoms with Gasteiger partial charge in [-0.3, -0.25) is 0 Å². The highest BCUT2D eigenvalue weighted by Gasteiger charge is 2.22. The molecule has 1 atom stereocenters. The average Bonchev–Trinajstić information content (AvgIpc) is 2.26. The van der Waals surface area contributed by atoms with E-state index in [1.807, 2.05) is 6.07 Å². The molecule has 1 aliphatic heterocycles. The molecular weight excluding hydrogens is 258 g/mol. The third kappa shape index (κ3) is 2.11. The van der Waals surface area contributed by atoms with Crippen LogP contribution in [0.1, 0.15) is 5.56 Å². The van der Waals surface area contributed by atoms with Crippen molar-refractivity contribution >= 4 is 15.9 Å². The van der Waals surface area contributed by atoms with E-state index >= 15 is 0 Å².